The lowest BCUT2D eigenvalue weighted by molar-refractivity contribution is 1.55. The number of hydrogen-bond acceptors (Lipinski definition) is 3. The molecule has 2 aromatic rings. The first-order chi connectivity index (χ1) is 6.18. The first kappa shape index (κ1) is 8.26. The summed E-state index contributed by atoms with van der Waals surface area (Å²) in [4.78, 5) is 11.5. The molecule has 13 heavy (non-hydrogen) atoms. The molecule has 0 spiro atoms. The molecule has 0 saturated heterocycles. The van der Waals surface area contributed by atoms with E-state index in [1.165, 1.54) is 17.4 Å². The highest BCUT2D eigenvalue weighted by Gasteiger charge is 2.01. The van der Waals surface area contributed by atoms with Crippen molar-refractivity contribution in [3.63, 3.8) is 0 Å². The van der Waals surface area contributed by atoms with E-state index in [2.05, 4.69) is 0 Å². The van der Waals surface area contributed by atoms with Crippen molar-refractivity contribution < 1.29 is 0 Å². The van der Waals surface area contributed by atoms with Crippen LogP contribution in [0.4, 0.5) is 5.00 Å². The molecular weight excluding hydrogens is 182 g/mol. The third-order valence-electron chi connectivity index (χ3n) is 1.97. The van der Waals surface area contributed by atoms with Crippen LogP contribution in [0.3, 0.4) is 0 Å². The number of fused-ring (bicyclic) bond motifs is 1. The molecular formula is C10H9NOS. The highest BCUT2D eigenvalue weighted by Crippen LogP contribution is 2.23. The molecule has 0 bridgehead atoms. The zero-order valence-corrected chi connectivity index (χ0v) is 8.02. The third kappa shape index (κ3) is 1.31. The SMILES string of the molecule is Cc1cccc2c(=O)cc(N)sc12. The molecule has 0 atom stereocenters. The van der Waals surface area contributed by atoms with Crippen molar-refractivity contribution in [3.8, 4) is 0 Å². The van der Waals surface area contributed by atoms with Crippen molar-refractivity contribution in [2.75, 3.05) is 5.73 Å². The fraction of sp³-hybridized carbons (Fsp3) is 0.100. The van der Waals surface area contributed by atoms with Gasteiger partial charge in [0.15, 0.2) is 5.43 Å². The van der Waals surface area contributed by atoms with E-state index < -0.39 is 0 Å². The number of rotatable bonds is 0. The largest absolute Gasteiger partial charge is 0.390 e. The van der Waals surface area contributed by atoms with Gasteiger partial charge in [-0.05, 0) is 18.6 Å². The molecule has 2 N–H and O–H groups in total. The number of anilines is 1. The van der Waals surface area contributed by atoms with Gasteiger partial charge in [-0.15, -0.1) is 11.3 Å². The molecule has 1 heterocycles. The van der Waals surface area contributed by atoms with Crippen molar-refractivity contribution in [2.45, 2.75) is 6.92 Å². The van der Waals surface area contributed by atoms with E-state index in [-0.39, 0.29) is 5.43 Å². The van der Waals surface area contributed by atoms with Crippen LogP contribution in [0.5, 0.6) is 0 Å². The minimum atomic E-state index is 0.00921. The lowest BCUT2D eigenvalue weighted by Gasteiger charge is -2.00. The molecule has 0 radical (unpaired) electrons. The lowest BCUT2D eigenvalue weighted by Crippen LogP contribution is -2.00. The van der Waals surface area contributed by atoms with Gasteiger partial charge in [-0.3, -0.25) is 4.79 Å². The average molecular weight is 191 g/mol. The highest BCUT2D eigenvalue weighted by molar-refractivity contribution is 7.22. The molecule has 0 aliphatic carbocycles. The summed E-state index contributed by atoms with van der Waals surface area (Å²) >= 11 is 1.46. The topological polar surface area (TPSA) is 43.1 Å². The standard InChI is InChI=1S/C10H9NOS/c1-6-3-2-4-7-8(12)5-9(11)13-10(6)7/h2-5H,11H2,1H3. The number of nitrogen functional groups attached to an aromatic ring is 1. The molecule has 3 heteroatoms. The Morgan fingerprint density at radius 1 is 1.38 bits per heavy atom. The zero-order valence-electron chi connectivity index (χ0n) is 7.20. The molecule has 0 saturated carbocycles. The first-order valence-electron chi connectivity index (χ1n) is 3.97. The first-order valence-corrected chi connectivity index (χ1v) is 4.79. The Kier molecular flexibility index (Phi) is 1.81. The monoisotopic (exact) mass is 191 g/mol. The lowest BCUT2D eigenvalue weighted by atomic mass is 10.2. The number of aryl methyl sites for hydroxylation is 1. The molecule has 0 amide bonds. The fourth-order valence-corrected chi connectivity index (χ4v) is 2.25. The molecule has 0 fully saturated rings. The predicted molar refractivity (Wildman–Crippen MR) is 57.2 cm³/mol. The van der Waals surface area contributed by atoms with Crippen molar-refractivity contribution in [2.24, 2.45) is 0 Å². The van der Waals surface area contributed by atoms with Crippen LogP contribution in [-0.4, -0.2) is 0 Å². The van der Waals surface area contributed by atoms with Gasteiger partial charge in [0, 0.05) is 16.2 Å². The van der Waals surface area contributed by atoms with E-state index in [9.17, 15) is 4.79 Å². The number of benzene rings is 1. The van der Waals surface area contributed by atoms with Crippen LogP contribution in [0.25, 0.3) is 10.1 Å². The third-order valence-corrected chi connectivity index (χ3v) is 3.07. The summed E-state index contributed by atoms with van der Waals surface area (Å²) in [6, 6.07) is 7.19. The smallest absolute Gasteiger partial charge is 0.190 e. The van der Waals surface area contributed by atoms with Gasteiger partial charge in [-0.2, -0.15) is 0 Å². The van der Waals surface area contributed by atoms with Crippen LogP contribution < -0.4 is 11.2 Å². The van der Waals surface area contributed by atoms with Gasteiger partial charge in [-0.1, -0.05) is 12.1 Å². The molecule has 2 rings (SSSR count). The van der Waals surface area contributed by atoms with E-state index in [0.717, 1.165) is 15.6 Å². The van der Waals surface area contributed by atoms with Gasteiger partial charge >= 0.3 is 0 Å². The van der Waals surface area contributed by atoms with E-state index in [1.807, 2.05) is 25.1 Å². The van der Waals surface area contributed by atoms with Gasteiger partial charge in [0.1, 0.15) is 0 Å². The summed E-state index contributed by atoms with van der Waals surface area (Å²) in [6.45, 7) is 1.98. The van der Waals surface area contributed by atoms with Gasteiger partial charge < -0.3 is 5.73 Å². The Morgan fingerprint density at radius 3 is 2.92 bits per heavy atom. The maximum absolute atomic E-state index is 11.5. The normalized spacial score (nSPS) is 10.5. The Labute approximate surface area is 79.6 Å². The van der Waals surface area contributed by atoms with Crippen molar-refractivity contribution in [1.82, 2.24) is 0 Å². The average Bonchev–Trinajstić information content (AvgIpc) is 2.07. The van der Waals surface area contributed by atoms with E-state index in [1.54, 1.807) is 0 Å². The van der Waals surface area contributed by atoms with Crippen LogP contribution in [0.15, 0.2) is 29.1 Å². The summed E-state index contributed by atoms with van der Waals surface area (Å²) < 4.78 is 0.993. The second-order valence-electron chi connectivity index (χ2n) is 2.96. The van der Waals surface area contributed by atoms with E-state index >= 15 is 0 Å². The molecule has 2 nitrogen and oxygen atoms in total. The zero-order chi connectivity index (χ0) is 9.42. The second kappa shape index (κ2) is 2.85. The predicted octanol–water partition coefficient (Wildman–Crippen LogP) is 2.15. The number of hydrogen-bond donors (Lipinski definition) is 1. The van der Waals surface area contributed by atoms with Crippen molar-refractivity contribution >= 4 is 26.4 Å². The molecule has 0 aliphatic rings. The maximum Gasteiger partial charge on any atom is 0.190 e. The quantitative estimate of drug-likeness (QED) is 0.693. The minimum Gasteiger partial charge on any atom is -0.390 e. The van der Waals surface area contributed by atoms with Crippen LogP contribution >= 0.6 is 11.3 Å². The molecule has 0 unspecified atom stereocenters. The summed E-state index contributed by atoms with van der Waals surface area (Å²) in [7, 11) is 0. The van der Waals surface area contributed by atoms with Crippen LogP contribution in [-0.2, 0) is 0 Å². The molecule has 66 valence electrons. The molecule has 1 aromatic heterocycles. The Morgan fingerprint density at radius 2 is 2.15 bits per heavy atom. The second-order valence-corrected chi connectivity index (χ2v) is 4.05. The summed E-state index contributed by atoms with van der Waals surface area (Å²) in [5.74, 6) is 0. The van der Waals surface area contributed by atoms with E-state index in [0.29, 0.717) is 5.00 Å². The fourth-order valence-electron chi connectivity index (χ4n) is 1.34. The highest BCUT2D eigenvalue weighted by atomic mass is 32.1. The summed E-state index contributed by atoms with van der Waals surface area (Å²) in [6.07, 6.45) is 0. The van der Waals surface area contributed by atoms with Crippen molar-refractivity contribution in [1.29, 1.82) is 0 Å². The maximum atomic E-state index is 11.5. The van der Waals surface area contributed by atoms with Crippen LogP contribution in [0.1, 0.15) is 5.56 Å². The summed E-state index contributed by atoms with van der Waals surface area (Å²) in [5, 5.41) is 1.34. The minimum absolute atomic E-state index is 0.00921. The van der Waals surface area contributed by atoms with Crippen LogP contribution in [0.2, 0.25) is 0 Å². The Hall–Kier alpha value is -1.35. The van der Waals surface area contributed by atoms with E-state index in [4.69, 9.17) is 5.73 Å². The van der Waals surface area contributed by atoms with Gasteiger partial charge in [0.25, 0.3) is 0 Å². The number of nitrogens with two attached hydrogens (primary N) is 1. The van der Waals surface area contributed by atoms with Crippen LogP contribution in [0, 0.1) is 6.92 Å². The van der Waals surface area contributed by atoms with Gasteiger partial charge in [-0.25, -0.2) is 0 Å². The molecule has 0 aliphatic heterocycles. The molecule has 1 aromatic carbocycles. The van der Waals surface area contributed by atoms with Crippen molar-refractivity contribution in [3.05, 3.63) is 40.1 Å². The van der Waals surface area contributed by atoms with Gasteiger partial charge in [0.05, 0.1) is 5.00 Å². The van der Waals surface area contributed by atoms with Gasteiger partial charge in [0.2, 0.25) is 0 Å². The summed E-state index contributed by atoms with van der Waals surface area (Å²) in [5.41, 5.74) is 6.72. The Balaban J connectivity index is 3.03. The Bertz CT molecular complexity index is 516.